The second-order valence-corrected chi connectivity index (χ2v) is 6.93. The predicted molar refractivity (Wildman–Crippen MR) is 88.0 cm³/mol. The van der Waals surface area contributed by atoms with Crippen LogP contribution in [0.4, 0.5) is 5.69 Å². The number of hydrogen-bond donors (Lipinski definition) is 0. The third kappa shape index (κ3) is 2.38. The van der Waals surface area contributed by atoms with E-state index in [1.807, 2.05) is 17.0 Å². The molecule has 110 valence electrons. The van der Waals surface area contributed by atoms with Crippen molar-refractivity contribution in [2.45, 2.75) is 46.1 Å². The van der Waals surface area contributed by atoms with Gasteiger partial charge < -0.3 is 4.90 Å². The lowest BCUT2D eigenvalue weighted by Gasteiger charge is -2.22. The Bertz CT molecular complexity index is 688. The van der Waals surface area contributed by atoms with Gasteiger partial charge in [0, 0.05) is 22.7 Å². The minimum absolute atomic E-state index is 0.188. The highest BCUT2D eigenvalue weighted by atomic mass is 32.1. The maximum atomic E-state index is 12.3. The molecule has 3 nitrogen and oxygen atoms in total. The first-order valence-corrected chi connectivity index (χ1v) is 8.26. The second kappa shape index (κ2) is 5.26. The summed E-state index contributed by atoms with van der Waals surface area (Å²) in [5.74, 6) is 0.619. The van der Waals surface area contributed by atoms with Crippen LogP contribution in [0.1, 0.15) is 44.9 Å². The fourth-order valence-electron chi connectivity index (χ4n) is 2.80. The summed E-state index contributed by atoms with van der Waals surface area (Å²) in [4.78, 5) is 18.9. The molecule has 2 heterocycles. The topological polar surface area (TPSA) is 33.2 Å². The van der Waals surface area contributed by atoms with Gasteiger partial charge in [-0.3, -0.25) is 4.79 Å². The molecule has 3 rings (SSSR count). The van der Waals surface area contributed by atoms with Crippen LogP contribution in [0.3, 0.4) is 0 Å². The zero-order chi connectivity index (χ0) is 15.1. The van der Waals surface area contributed by atoms with E-state index < -0.39 is 0 Å². The van der Waals surface area contributed by atoms with E-state index in [1.165, 1.54) is 0 Å². The molecule has 1 aromatic heterocycles. The van der Waals surface area contributed by atoms with Crippen molar-refractivity contribution in [1.29, 1.82) is 0 Å². The normalized spacial score (nSPS) is 14.4. The van der Waals surface area contributed by atoms with E-state index in [2.05, 4.69) is 39.1 Å². The van der Waals surface area contributed by atoms with Crippen LogP contribution >= 0.6 is 11.3 Å². The van der Waals surface area contributed by atoms with Crippen molar-refractivity contribution in [1.82, 2.24) is 4.98 Å². The summed E-state index contributed by atoms with van der Waals surface area (Å²) in [6.07, 6.45) is 0.486. The number of benzene rings is 1. The molecule has 0 aliphatic carbocycles. The number of nitrogens with zero attached hydrogens (tertiary/aromatic N) is 2. The molecule has 2 aromatic rings. The lowest BCUT2D eigenvalue weighted by atomic mass is 10.1. The quantitative estimate of drug-likeness (QED) is 0.850. The van der Waals surface area contributed by atoms with Crippen LogP contribution in [0.25, 0.3) is 10.6 Å². The number of aromatic nitrogens is 1. The second-order valence-electron chi connectivity index (χ2n) is 6.07. The number of carbonyl (C=O) groups excluding carboxylic acids is 1. The van der Waals surface area contributed by atoms with Gasteiger partial charge in [0.2, 0.25) is 5.91 Å². The minimum atomic E-state index is 0.188. The van der Waals surface area contributed by atoms with Gasteiger partial charge in [-0.25, -0.2) is 4.98 Å². The van der Waals surface area contributed by atoms with Gasteiger partial charge >= 0.3 is 0 Å². The van der Waals surface area contributed by atoms with Gasteiger partial charge in [0.05, 0.1) is 12.1 Å². The maximum Gasteiger partial charge on any atom is 0.231 e. The Morgan fingerprint density at radius 3 is 2.62 bits per heavy atom. The van der Waals surface area contributed by atoms with E-state index in [-0.39, 0.29) is 11.9 Å². The predicted octanol–water partition coefficient (Wildman–Crippen LogP) is 4.23. The highest BCUT2D eigenvalue weighted by molar-refractivity contribution is 7.13. The summed E-state index contributed by atoms with van der Waals surface area (Å²) < 4.78 is 0. The molecule has 0 fully saturated rings. The van der Waals surface area contributed by atoms with Crippen molar-refractivity contribution in [3.05, 3.63) is 34.8 Å². The Hall–Kier alpha value is -1.68. The fraction of sp³-hybridized carbons (Fsp3) is 0.412. The SMILES string of the molecule is CC(C)c1csc(-c2cccc3c2CC(=O)N3C(C)C)n1. The highest BCUT2D eigenvalue weighted by Crippen LogP contribution is 2.39. The largest absolute Gasteiger partial charge is 0.309 e. The van der Waals surface area contributed by atoms with Crippen molar-refractivity contribution in [3.8, 4) is 10.6 Å². The van der Waals surface area contributed by atoms with E-state index >= 15 is 0 Å². The molecule has 0 N–H and O–H groups in total. The highest BCUT2D eigenvalue weighted by Gasteiger charge is 2.31. The van der Waals surface area contributed by atoms with Crippen molar-refractivity contribution < 1.29 is 4.79 Å². The van der Waals surface area contributed by atoms with Gasteiger partial charge in [-0.2, -0.15) is 0 Å². The molecule has 0 spiro atoms. The van der Waals surface area contributed by atoms with Crippen LogP contribution in [0.5, 0.6) is 0 Å². The molecular weight excluding hydrogens is 280 g/mol. The summed E-state index contributed by atoms with van der Waals surface area (Å²) in [5.41, 5.74) is 4.41. The number of amides is 1. The summed E-state index contributed by atoms with van der Waals surface area (Å²) in [6.45, 7) is 8.41. The van der Waals surface area contributed by atoms with Gasteiger partial charge in [0.15, 0.2) is 0 Å². The Balaban J connectivity index is 2.08. The lowest BCUT2D eigenvalue weighted by Crippen LogP contribution is -2.33. The third-order valence-corrected chi connectivity index (χ3v) is 4.76. The number of carbonyl (C=O) groups is 1. The molecule has 0 unspecified atom stereocenters. The average Bonchev–Trinajstić information content (AvgIpc) is 3.00. The Kier molecular flexibility index (Phi) is 3.57. The Morgan fingerprint density at radius 2 is 2.00 bits per heavy atom. The van der Waals surface area contributed by atoms with E-state index in [9.17, 15) is 4.79 Å². The first-order valence-electron chi connectivity index (χ1n) is 7.38. The molecule has 0 radical (unpaired) electrons. The fourth-order valence-corrected chi connectivity index (χ4v) is 3.83. The van der Waals surface area contributed by atoms with E-state index in [4.69, 9.17) is 4.98 Å². The summed E-state index contributed by atoms with van der Waals surface area (Å²) >= 11 is 1.67. The molecule has 0 saturated carbocycles. The van der Waals surface area contributed by atoms with Crippen molar-refractivity contribution >= 4 is 22.9 Å². The first-order chi connectivity index (χ1) is 9.99. The summed E-state index contributed by atoms with van der Waals surface area (Å²) in [7, 11) is 0. The smallest absolute Gasteiger partial charge is 0.231 e. The summed E-state index contributed by atoms with van der Waals surface area (Å²) in [5, 5.41) is 3.14. The van der Waals surface area contributed by atoms with Crippen molar-refractivity contribution in [3.63, 3.8) is 0 Å². The van der Waals surface area contributed by atoms with Crippen LogP contribution in [0.15, 0.2) is 23.6 Å². The van der Waals surface area contributed by atoms with Gasteiger partial charge in [0.25, 0.3) is 0 Å². The zero-order valence-corrected chi connectivity index (χ0v) is 13.7. The molecule has 1 aliphatic rings. The third-order valence-electron chi connectivity index (χ3n) is 3.87. The van der Waals surface area contributed by atoms with E-state index in [1.54, 1.807) is 11.3 Å². The maximum absolute atomic E-state index is 12.3. The number of rotatable bonds is 3. The van der Waals surface area contributed by atoms with Gasteiger partial charge in [-0.1, -0.05) is 26.0 Å². The van der Waals surface area contributed by atoms with Crippen LogP contribution in [-0.4, -0.2) is 16.9 Å². The van der Waals surface area contributed by atoms with Crippen molar-refractivity contribution in [2.75, 3.05) is 4.90 Å². The van der Waals surface area contributed by atoms with Crippen LogP contribution in [0, 0.1) is 0 Å². The number of hydrogen-bond acceptors (Lipinski definition) is 3. The number of fused-ring (bicyclic) bond motifs is 1. The number of thiazole rings is 1. The molecule has 1 aliphatic heterocycles. The molecule has 21 heavy (non-hydrogen) atoms. The van der Waals surface area contributed by atoms with Crippen LogP contribution in [-0.2, 0) is 11.2 Å². The van der Waals surface area contributed by atoms with E-state index in [0.717, 1.165) is 27.5 Å². The van der Waals surface area contributed by atoms with Crippen molar-refractivity contribution in [2.24, 2.45) is 0 Å². The molecule has 0 bridgehead atoms. The average molecular weight is 300 g/mol. The standard InChI is InChI=1S/C17H20N2OS/c1-10(2)14-9-21-17(18-14)12-6-5-7-15-13(12)8-16(20)19(15)11(3)4/h5-7,9-11H,8H2,1-4H3. The van der Waals surface area contributed by atoms with Crippen LogP contribution < -0.4 is 4.90 Å². The monoisotopic (exact) mass is 300 g/mol. The molecule has 1 amide bonds. The lowest BCUT2D eigenvalue weighted by molar-refractivity contribution is -0.117. The number of anilines is 1. The first kappa shape index (κ1) is 14.3. The molecule has 4 heteroatoms. The molecular formula is C17H20N2OS. The Labute approximate surface area is 129 Å². The molecule has 0 atom stereocenters. The van der Waals surface area contributed by atoms with E-state index in [0.29, 0.717) is 12.3 Å². The van der Waals surface area contributed by atoms with Gasteiger partial charge in [0.1, 0.15) is 5.01 Å². The zero-order valence-electron chi connectivity index (χ0n) is 12.9. The minimum Gasteiger partial charge on any atom is -0.309 e. The molecule has 0 saturated heterocycles. The Morgan fingerprint density at radius 1 is 1.24 bits per heavy atom. The van der Waals surface area contributed by atoms with Gasteiger partial charge in [-0.05, 0) is 31.4 Å². The molecule has 1 aromatic carbocycles. The summed E-state index contributed by atoms with van der Waals surface area (Å²) in [6, 6.07) is 6.34. The van der Waals surface area contributed by atoms with Crippen LogP contribution in [0.2, 0.25) is 0 Å². The van der Waals surface area contributed by atoms with Gasteiger partial charge in [-0.15, -0.1) is 11.3 Å².